The fraction of sp³-hybridized carbons (Fsp3) is 0.125. The van der Waals surface area contributed by atoms with E-state index >= 15 is 0 Å². The number of amides is 2. The molecule has 0 saturated heterocycles. The molecule has 0 atom stereocenters. The van der Waals surface area contributed by atoms with E-state index in [0.717, 1.165) is 27.2 Å². The second-order valence-electron chi connectivity index (χ2n) is 7.03. The Morgan fingerprint density at radius 1 is 0.867 bits per heavy atom. The molecule has 4 rings (SSSR count). The van der Waals surface area contributed by atoms with Crippen LogP contribution in [-0.4, -0.2) is 16.8 Å². The maximum absolute atomic E-state index is 12.2. The average molecular weight is 416 g/mol. The number of fused-ring (bicyclic) bond motifs is 1. The predicted molar refractivity (Wildman–Crippen MR) is 123 cm³/mol. The van der Waals surface area contributed by atoms with Gasteiger partial charge in [0.25, 0.3) is 0 Å². The maximum atomic E-state index is 12.2. The van der Waals surface area contributed by atoms with Gasteiger partial charge in [-0.2, -0.15) is 0 Å². The molecule has 0 aliphatic heterocycles. The predicted octanol–water partition coefficient (Wildman–Crippen LogP) is 5.41. The van der Waals surface area contributed by atoms with Crippen molar-refractivity contribution in [3.8, 4) is 10.6 Å². The number of hydrogen-bond donors (Lipinski definition) is 2. The largest absolute Gasteiger partial charge is 0.318 e. The summed E-state index contributed by atoms with van der Waals surface area (Å²) in [4.78, 5) is 29.0. The SMILES string of the molecule is CCc1ccc(NC(=O)C(=O)Nc2ccc(-c3nc4ccc(C)cc4s3)cc2)cc1. The van der Waals surface area contributed by atoms with Crippen molar-refractivity contribution < 1.29 is 9.59 Å². The summed E-state index contributed by atoms with van der Waals surface area (Å²) >= 11 is 1.63. The lowest BCUT2D eigenvalue weighted by molar-refractivity contribution is -0.132. The Bertz CT molecular complexity index is 1210. The molecular formula is C24H21N3O2S. The van der Waals surface area contributed by atoms with E-state index in [1.54, 1.807) is 35.6 Å². The number of hydrogen-bond acceptors (Lipinski definition) is 4. The monoisotopic (exact) mass is 415 g/mol. The van der Waals surface area contributed by atoms with E-state index in [9.17, 15) is 9.59 Å². The normalized spacial score (nSPS) is 10.7. The van der Waals surface area contributed by atoms with Crippen LogP contribution in [-0.2, 0) is 16.0 Å². The lowest BCUT2D eigenvalue weighted by Gasteiger charge is -2.07. The number of nitrogens with zero attached hydrogens (tertiary/aromatic N) is 1. The van der Waals surface area contributed by atoms with Crippen molar-refractivity contribution >= 4 is 44.7 Å². The Morgan fingerprint density at radius 3 is 2.07 bits per heavy atom. The first-order valence-corrected chi connectivity index (χ1v) is 10.5. The zero-order chi connectivity index (χ0) is 21.1. The molecule has 30 heavy (non-hydrogen) atoms. The van der Waals surface area contributed by atoms with Crippen molar-refractivity contribution in [3.05, 3.63) is 77.9 Å². The minimum atomic E-state index is -0.710. The molecule has 0 aliphatic carbocycles. The molecule has 150 valence electrons. The molecule has 0 bridgehead atoms. The topological polar surface area (TPSA) is 71.1 Å². The number of anilines is 2. The summed E-state index contributed by atoms with van der Waals surface area (Å²) in [6.07, 6.45) is 0.918. The third-order valence-corrected chi connectivity index (χ3v) is 5.83. The molecule has 3 aromatic carbocycles. The number of nitrogens with one attached hydrogen (secondary N) is 2. The van der Waals surface area contributed by atoms with E-state index in [2.05, 4.69) is 35.5 Å². The van der Waals surface area contributed by atoms with Gasteiger partial charge in [-0.1, -0.05) is 25.1 Å². The molecule has 0 radical (unpaired) electrons. The van der Waals surface area contributed by atoms with E-state index in [0.29, 0.717) is 11.4 Å². The van der Waals surface area contributed by atoms with Gasteiger partial charge in [-0.15, -0.1) is 11.3 Å². The zero-order valence-corrected chi connectivity index (χ0v) is 17.5. The third kappa shape index (κ3) is 4.39. The van der Waals surface area contributed by atoms with Crippen LogP contribution in [0.1, 0.15) is 18.1 Å². The van der Waals surface area contributed by atoms with Crippen molar-refractivity contribution in [1.82, 2.24) is 4.98 Å². The molecule has 5 nitrogen and oxygen atoms in total. The average Bonchev–Trinajstić information content (AvgIpc) is 3.18. The molecule has 1 aromatic heterocycles. The molecular weight excluding hydrogens is 394 g/mol. The maximum Gasteiger partial charge on any atom is 0.314 e. The highest BCUT2D eigenvalue weighted by atomic mass is 32.1. The van der Waals surface area contributed by atoms with Gasteiger partial charge in [0.2, 0.25) is 0 Å². The number of carbonyl (C=O) groups is 2. The molecule has 0 aliphatic rings. The summed E-state index contributed by atoms with van der Waals surface area (Å²) in [5, 5.41) is 6.16. The molecule has 2 N–H and O–H groups in total. The molecule has 6 heteroatoms. The summed E-state index contributed by atoms with van der Waals surface area (Å²) in [7, 11) is 0. The second kappa shape index (κ2) is 8.47. The number of benzene rings is 3. The Kier molecular flexibility index (Phi) is 5.59. The summed E-state index contributed by atoms with van der Waals surface area (Å²) < 4.78 is 1.14. The van der Waals surface area contributed by atoms with Gasteiger partial charge in [0.1, 0.15) is 5.01 Å². The van der Waals surface area contributed by atoms with Crippen molar-refractivity contribution in [2.45, 2.75) is 20.3 Å². The van der Waals surface area contributed by atoms with Crippen LogP contribution >= 0.6 is 11.3 Å². The van der Waals surface area contributed by atoms with Gasteiger partial charge in [0.05, 0.1) is 10.2 Å². The van der Waals surface area contributed by atoms with Crippen LogP contribution in [0.2, 0.25) is 0 Å². The Labute approximate surface area is 178 Å². The Balaban J connectivity index is 1.41. The first-order valence-electron chi connectivity index (χ1n) is 9.71. The molecule has 0 unspecified atom stereocenters. The summed E-state index contributed by atoms with van der Waals surface area (Å²) in [5.74, 6) is -1.41. The number of aryl methyl sites for hydroxylation is 2. The van der Waals surface area contributed by atoms with Crippen LogP contribution in [0.25, 0.3) is 20.8 Å². The number of aromatic nitrogens is 1. The van der Waals surface area contributed by atoms with E-state index in [1.165, 1.54) is 11.1 Å². The highest BCUT2D eigenvalue weighted by Crippen LogP contribution is 2.31. The van der Waals surface area contributed by atoms with Crippen molar-refractivity contribution in [1.29, 1.82) is 0 Å². The van der Waals surface area contributed by atoms with E-state index in [1.807, 2.05) is 36.4 Å². The summed E-state index contributed by atoms with van der Waals surface area (Å²) in [6.45, 7) is 4.12. The van der Waals surface area contributed by atoms with Gasteiger partial charge < -0.3 is 10.6 Å². The molecule has 0 fully saturated rings. The van der Waals surface area contributed by atoms with Gasteiger partial charge in [0.15, 0.2) is 0 Å². The van der Waals surface area contributed by atoms with Gasteiger partial charge in [0, 0.05) is 16.9 Å². The molecule has 2 amide bonds. The Morgan fingerprint density at radius 2 is 1.47 bits per heavy atom. The number of carbonyl (C=O) groups excluding carboxylic acids is 2. The summed E-state index contributed by atoms with van der Waals surface area (Å²) in [6, 6.07) is 21.0. The van der Waals surface area contributed by atoms with Crippen LogP contribution in [0.15, 0.2) is 66.7 Å². The second-order valence-corrected chi connectivity index (χ2v) is 8.06. The van der Waals surface area contributed by atoms with Crippen molar-refractivity contribution in [2.75, 3.05) is 10.6 Å². The number of rotatable bonds is 4. The van der Waals surface area contributed by atoms with E-state index < -0.39 is 11.8 Å². The fourth-order valence-corrected chi connectivity index (χ4v) is 4.12. The van der Waals surface area contributed by atoms with Gasteiger partial charge in [-0.25, -0.2) is 4.98 Å². The van der Waals surface area contributed by atoms with Crippen molar-refractivity contribution in [2.24, 2.45) is 0 Å². The van der Waals surface area contributed by atoms with E-state index in [4.69, 9.17) is 0 Å². The van der Waals surface area contributed by atoms with Crippen LogP contribution in [0, 0.1) is 6.92 Å². The van der Waals surface area contributed by atoms with Crippen LogP contribution in [0.5, 0.6) is 0 Å². The third-order valence-electron chi connectivity index (χ3n) is 4.76. The van der Waals surface area contributed by atoms with Gasteiger partial charge >= 0.3 is 11.8 Å². The quantitative estimate of drug-likeness (QED) is 0.438. The molecule has 1 heterocycles. The van der Waals surface area contributed by atoms with Crippen molar-refractivity contribution in [3.63, 3.8) is 0 Å². The first kappa shape index (κ1) is 19.8. The first-order chi connectivity index (χ1) is 14.5. The molecule has 4 aromatic rings. The minimum Gasteiger partial charge on any atom is -0.318 e. The van der Waals surface area contributed by atoms with Gasteiger partial charge in [-0.3, -0.25) is 9.59 Å². The highest BCUT2D eigenvalue weighted by molar-refractivity contribution is 7.21. The highest BCUT2D eigenvalue weighted by Gasteiger charge is 2.14. The van der Waals surface area contributed by atoms with Crippen LogP contribution in [0.3, 0.4) is 0 Å². The lowest BCUT2D eigenvalue weighted by atomic mass is 10.1. The lowest BCUT2D eigenvalue weighted by Crippen LogP contribution is -2.29. The van der Waals surface area contributed by atoms with Crippen LogP contribution < -0.4 is 10.6 Å². The minimum absolute atomic E-state index is 0.553. The summed E-state index contributed by atoms with van der Waals surface area (Å²) in [5.41, 5.74) is 5.45. The smallest absolute Gasteiger partial charge is 0.314 e. The molecule has 0 saturated carbocycles. The Hall–Kier alpha value is -3.51. The zero-order valence-electron chi connectivity index (χ0n) is 16.7. The molecule has 0 spiro atoms. The standard InChI is InChI=1S/C24H21N3O2S/c1-3-16-5-9-18(10-6-16)25-22(28)23(29)26-19-11-7-17(8-12-19)24-27-20-13-4-15(2)14-21(20)30-24/h4-14H,3H2,1-2H3,(H,25,28)(H,26,29). The fourth-order valence-electron chi connectivity index (χ4n) is 3.05. The van der Waals surface area contributed by atoms with Gasteiger partial charge in [-0.05, 0) is 73.0 Å². The number of thiazole rings is 1. The van der Waals surface area contributed by atoms with E-state index in [-0.39, 0.29) is 0 Å². The van der Waals surface area contributed by atoms with Crippen LogP contribution in [0.4, 0.5) is 11.4 Å².